The van der Waals surface area contributed by atoms with Gasteiger partial charge in [-0.3, -0.25) is 0 Å². The fraction of sp³-hybridized carbons (Fsp3) is 0.615. The third-order valence-corrected chi connectivity index (χ3v) is 3.52. The van der Waals surface area contributed by atoms with Crippen molar-refractivity contribution >= 4 is 21.7 Å². The summed E-state index contributed by atoms with van der Waals surface area (Å²) in [5.74, 6) is 0.439. The van der Waals surface area contributed by atoms with Gasteiger partial charge in [-0.2, -0.15) is 13.2 Å². The molecule has 1 saturated carbocycles. The van der Waals surface area contributed by atoms with Gasteiger partial charge in [0, 0.05) is 28.8 Å². The van der Waals surface area contributed by atoms with E-state index in [-0.39, 0.29) is 6.04 Å². The van der Waals surface area contributed by atoms with E-state index in [1.807, 2.05) is 13.0 Å². The first kappa shape index (κ1) is 15.6. The van der Waals surface area contributed by atoms with Crippen LogP contribution >= 0.6 is 15.9 Å². The van der Waals surface area contributed by atoms with Crippen LogP contribution in [0.2, 0.25) is 0 Å². The second-order valence-electron chi connectivity index (χ2n) is 4.89. The fourth-order valence-electron chi connectivity index (χ4n) is 2.08. The summed E-state index contributed by atoms with van der Waals surface area (Å²) < 4.78 is 39.0. The number of rotatable bonds is 6. The topological polar surface area (TPSA) is 28.2 Å². The van der Waals surface area contributed by atoms with E-state index in [4.69, 9.17) is 0 Å². The highest BCUT2D eigenvalue weighted by Crippen LogP contribution is 2.35. The number of anilines is 1. The highest BCUT2D eigenvalue weighted by atomic mass is 79.9. The first-order chi connectivity index (χ1) is 9.40. The number of hydrogen-bond acceptors (Lipinski definition) is 3. The molecule has 112 valence electrons. The van der Waals surface area contributed by atoms with Gasteiger partial charge in [0.25, 0.3) is 0 Å². The van der Waals surface area contributed by atoms with E-state index < -0.39 is 12.7 Å². The summed E-state index contributed by atoms with van der Waals surface area (Å²) in [5.41, 5.74) is 0.789. The maximum Gasteiger partial charge on any atom is 0.405 e. The largest absolute Gasteiger partial charge is 0.405 e. The Balaban J connectivity index is 2.27. The Morgan fingerprint density at radius 2 is 2.15 bits per heavy atom. The summed E-state index contributed by atoms with van der Waals surface area (Å²) in [6, 6.07) is 1.79. The third kappa shape index (κ3) is 4.34. The van der Waals surface area contributed by atoms with Gasteiger partial charge in [0.2, 0.25) is 0 Å². The van der Waals surface area contributed by atoms with Crippen LogP contribution in [-0.2, 0) is 6.54 Å². The Hall–Kier alpha value is -0.820. The van der Waals surface area contributed by atoms with Crippen LogP contribution in [0.4, 0.5) is 19.0 Å². The minimum absolute atomic E-state index is 0.0364. The molecule has 1 aromatic rings. The molecular weight excluding hydrogens is 335 g/mol. The molecular formula is C13H17BrF3N3. The molecule has 0 atom stereocenters. The van der Waals surface area contributed by atoms with Crippen molar-refractivity contribution in [2.24, 2.45) is 0 Å². The molecule has 0 saturated heterocycles. The van der Waals surface area contributed by atoms with Crippen molar-refractivity contribution in [1.29, 1.82) is 0 Å². The zero-order valence-corrected chi connectivity index (χ0v) is 12.8. The van der Waals surface area contributed by atoms with Crippen LogP contribution < -0.4 is 10.2 Å². The molecule has 2 rings (SSSR count). The van der Waals surface area contributed by atoms with Gasteiger partial charge in [-0.25, -0.2) is 4.98 Å². The van der Waals surface area contributed by atoms with Gasteiger partial charge in [0.05, 0.1) is 0 Å². The van der Waals surface area contributed by atoms with Gasteiger partial charge in [-0.1, -0.05) is 6.92 Å². The number of nitrogens with one attached hydrogen (secondary N) is 1. The van der Waals surface area contributed by atoms with Crippen molar-refractivity contribution in [3.63, 3.8) is 0 Å². The molecule has 1 heterocycles. The van der Waals surface area contributed by atoms with Crippen molar-refractivity contribution in [2.45, 2.75) is 38.5 Å². The molecule has 1 fully saturated rings. The van der Waals surface area contributed by atoms with Crippen molar-refractivity contribution in [1.82, 2.24) is 10.3 Å². The molecule has 1 N–H and O–H groups in total. The second-order valence-corrected chi connectivity index (χ2v) is 5.81. The van der Waals surface area contributed by atoms with Gasteiger partial charge in [0.15, 0.2) is 0 Å². The Morgan fingerprint density at radius 1 is 1.45 bits per heavy atom. The van der Waals surface area contributed by atoms with Gasteiger partial charge in [-0.15, -0.1) is 0 Å². The highest BCUT2D eigenvalue weighted by Gasteiger charge is 2.39. The molecule has 20 heavy (non-hydrogen) atoms. The molecule has 3 nitrogen and oxygen atoms in total. The summed E-state index contributed by atoms with van der Waals surface area (Å²) in [5, 5.41) is 3.14. The predicted molar refractivity (Wildman–Crippen MR) is 75.7 cm³/mol. The summed E-state index contributed by atoms with van der Waals surface area (Å²) >= 11 is 3.32. The standard InChI is InChI=1S/C13H17BrF3N3/c1-2-18-6-9-5-10(14)7-19-12(9)20(11-3-4-11)8-13(15,16)17/h5,7,11,18H,2-4,6,8H2,1H3. The smallest absolute Gasteiger partial charge is 0.344 e. The van der Waals surface area contributed by atoms with Crippen molar-refractivity contribution in [3.8, 4) is 0 Å². The molecule has 0 spiro atoms. The monoisotopic (exact) mass is 351 g/mol. The average Bonchev–Trinajstić information content (AvgIpc) is 3.17. The lowest BCUT2D eigenvalue weighted by Crippen LogP contribution is -2.37. The van der Waals surface area contributed by atoms with E-state index >= 15 is 0 Å². The molecule has 0 amide bonds. The minimum Gasteiger partial charge on any atom is -0.344 e. The van der Waals surface area contributed by atoms with E-state index in [2.05, 4.69) is 26.2 Å². The number of halogens is 4. The number of pyridine rings is 1. The summed E-state index contributed by atoms with van der Waals surface area (Å²) in [6.07, 6.45) is -1.06. The average molecular weight is 352 g/mol. The fourth-order valence-corrected chi connectivity index (χ4v) is 2.46. The van der Waals surface area contributed by atoms with Crippen LogP contribution in [0.5, 0.6) is 0 Å². The van der Waals surface area contributed by atoms with Gasteiger partial charge in [0.1, 0.15) is 12.4 Å². The molecule has 7 heteroatoms. The van der Waals surface area contributed by atoms with Crippen LogP contribution in [0.25, 0.3) is 0 Å². The molecule has 0 unspecified atom stereocenters. The van der Waals surface area contributed by atoms with Crippen molar-refractivity contribution in [3.05, 3.63) is 22.3 Å². The molecule has 1 aliphatic carbocycles. The number of alkyl halides is 3. The first-order valence-electron chi connectivity index (χ1n) is 6.59. The molecule has 0 bridgehead atoms. The number of aromatic nitrogens is 1. The lowest BCUT2D eigenvalue weighted by atomic mass is 10.2. The second kappa shape index (κ2) is 6.30. The Bertz CT molecular complexity index is 461. The lowest BCUT2D eigenvalue weighted by Gasteiger charge is -2.27. The van der Waals surface area contributed by atoms with Gasteiger partial charge < -0.3 is 10.2 Å². The van der Waals surface area contributed by atoms with Gasteiger partial charge >= 0.3 is 6.18 Å². The van der Waals surface area contributed by atoms with E-state index in [1.165, 1.54) is 4.90 Å². The maximum atomic E-state index is 12.7. The van der Waals surface area contributed by atoms with Crippen molar-refractivity contribution < 1.29 is 13.2 Å². The zero-order chi connectivity index (χ0) is 14.8. The van der Waals surface area contributed by atoms with E-state index in [1.54, 1.807) is 6.20 Å². The molecule has 0 radical (unpaired) electrons. The van der Waals surface area contributed by atoms with Crippen LogP contribution in [0.3, 0.4) is 0 Å². The van der Waals surface area contributed by atoms with Gasteiger partial charge in [-0.05, 0) is 41.4 Å². The summed E-state index contributed by atoms with van der Waals surface area (Å²) in [6.45, 7) is 2.29. The lowest BCUT2D eigenvalue weighted by molar-refractivity contribution is -0.120. The molecule has 0 aliphatic heterocycles. The van der Waals surface area contributed by atoms with Crippen molar-refractivity contribution in [2.75, 3.05) is 18.0 Å². The number of nitrogens with zero attached hydrogens (tertiary/aromatic N) is 2. The first-order valence-corrected chi connectivity index (χ1v) is 7.38. The normalized spacial score (nSPS) is 15.4. The Labute approximate surface area is 124 Å². The SMILES string of the molecule is CCNCc1cc(Br)cnc1N(CC(F)(F)F)C1CC1. The Morgan fingerprint density at radius 3 is 2.70 bits per heavy atom. The van der Waals surface area contributed by atoms with E-state index in [9.17, 15) is 13.2 Å². The van der Waals surface area contributed by atoms with E-state index in [0.29, 0.717) is 12.4 Å². The van der Waals surface area contributed by atoms with E-state index in [0.717, 1.165) is 29.4 Å². The van der Waals surface area contributed by atoms with Crippen LogP contribution in [0.15, 0.2) is 16.7 Å². The minimum atomic E-state index is -4.22. The third-order valence-electron chi connectivity index (χ3n) is 3.08. The van der Waals surface area contributed by atoms with Crippen LogP contribution in [-0.4, -0.2) is 30.3 Å². The molecule has 0 aromatic carbocycles. The molecule has 1 aliphatic rings. The quantitative estimate of drug-likeness (QED) is 0.850. The zero-order valence-electron chi connectivity index (χ0n) is 11.2. The maximum absolute atomic E-state index is 12.7. The van der Waals surface area contributed by atoms with Crippen LogP contribution in [0.1, 0.15) is 25.3 Å². The summed E-state index contributed by atoms with van der Waals surface area (Å²) in [7, 11) is 0. The highest BCUT2D eigenvalue weighted by molar-refractivity contribution is 9.10. The predicted octanol–water partition coefficient (Wildman–Crippen LogP) is 3.48. The number of hydrogen-bond donors (Lipinski definition) is 1. The van der Waals surface area contributed by atoms with Crippen LogP contribution in [0, 0.1) is 0 Å². The molecule has 1 aromatic heterocycles. The Kier molecular flexibility index (Phi) is 4.90. The summed E-state index contributed by atoms with van der Waals surface area (Å²) in [4.78, 5) is 5.60.